The molecule has 0 aromatic carbocycles. The quantitative estimate of drug-likeness (QED) is 0.761. The lowest BCUT2D eigenvalue weighted by Gasteiger charge is -2.39. The van der Waals surface area contributed by atoms with Crippen molar-refractivity contribution in [2.75, 3.05) is 19.6 Å². The number of carbonyl (C=O) groups excluding carboxylic acids is 1. The molecule has 0 aliphatic heterocycles. The Morgan fingerprint density at radius 2 is 2.00 bits per heavy atom. The molecule has 2 atom stereocenters. The van der Waals surface area contributed by atoms with Crippen molar-refractivity contribution in [3.05, 3.63) is 17.5 Å². The zero-order valence-corrected chi connectivity index (χ0v) is 14.9. The van der Waals surface area contributed by atoms with E-state index in [1.807, 2.05) is 6.92 Å². The highest BCUT2D eigenvalue weighted by Gasteiger charge is 2.32. The van der Waals surface area contributed by atoms with Crippen molar-refractivity contribution in [1.82, 2.24) is 15.4 Å². The Morgan fingerprint density at radius 3 is 2.45 bits per heavy atom. The Balaban J connectivity index is 2.74. The van der Waals surface area contributed by atoms with Crippen LogP contribution in [-0.2, 0) is 6.42 Å². The fraction of sp³-hybridized carbons (Fsp3) is 0.765. The van der Waals surface area contributed by atoms with Gasteiger partial charge in [0.2, 0.25) is 0 Å². The molecule has 22 heavy (non-hydrogen) atoms. The highest BCUT2D eigenvalue weighted by molar-refractivity contribution is 5.92. The standard InChI is InChI=1S/C17H31N3O2/c1-7-14-11-15(19-22-14)16(21)18-13(5)17(6,8-2)12-20(9-3)10-4/h11,13H,7-10,12H2,1-6H3,(H,18,21). The predicted octanol–water partition coefficient (Wildman–Crippen LogP) is 3.11. The van der Waals surface area contributed by atoms with Gasteiger partial charge in [0.05, 0.1) is 0 Å². The van der Waals surface area contributed by atoms with Crippen LogP contribution in [-0.4, -0.2) is 41.6 Å². The summed E-state index contributed by atoms with van der Waals surface area (Å²) in [5.74, 6) is 0.578. The Morgan fingerprint density at radius 1 is 1.36 bits per heavy atom. The lowest BCUT2D eigenvalue weighted by molar-refractivity contribution is 0.0832. The number of nitrogens with zero attached hydrogens (tertiary/aromatic N) is 2. The van der Waals surface area contributed by atoms with Crippen LogP contribution in [0, 0.1) is 5.41 Å². The molecule has 0 bridgehead atoms. The van der Waals surface area contributed by atoms with Crippen molar-refractivity contribution < 1.29 is 9.32 Å². The fourth-order valence-corrected chi connectivity index (χ4v) is 2.54. The molecular weight excluding hydrogens is 278 g/mol. The zero-order valence-electron chi connectivity index (χ0n) is 14.9. The number of aromatic nitrogens is 1. The van der Waals surface area contributed by atoms with Gasteiger partial charge < -0.3 is 14.7 Å². The molecule has 1 N–H and O–H groups in total. The molecule has 0 aliphatic rings. The second-order valence-corrected chi connectivity index (χ2v) is 6.20. The second kappa shape index (κ2) is 8.32. The van der Waals surface area contributed by atoms with Gasteiger partial charge >= 0.3 is 0 Å². The summed E-state index contributed by atoms with van der Waals surface area (Å²) in [6.45, 7) is 15.8. The van der Waals surface area contributed by atoms with Crippen molar-refractivity contribution in [3.63, 3.8) is 0 Å². The molecule has 2 unspecified atom stereocenters. The first-order valence-corrected chi connectivity index (χ1v) is 8.38. The minimum atomic E-state index is -0.157. The molecule has 0 saturated heterocycles. The maximum Gasteiger partial charge on any atom is 0.273 e. The summed E-state index contributed by atoms with van der Waals surface area (Å²) < 4.78 is 5.11. The van der Waals surface area contributed by atoms with Gasteiger partial charge in [-0.3, -0.25) is 4.79 Å². The van der Waals surface area contributed by atoms with Crippen molar-refractivity contribution in [3.8, 4) is 0 Å². The van der Waals surface area contributed by atoms with Gasteiger partial charge in [-0.1, -0.05) is 39.8 Å². The maximum atomic E-state index is 12.3. The van der Waals surface area contributed by atoms with E-state index in [0.717, 1.165) is 38.2 Å². The normalized spacial score (nSPS) is 15.6. The molecule has 0 spiro atoms. The van der Waals surface area contributed by atoms with Crippen LogP contribution in [0.3, 0.4) is 0 Å². The van der Waals surface area contributed by atoms with E-state index in [1.165, 1.54) is 0 Å². The van der Waals surface area contributed by atoms with Gasteiger partial charge in [-0.25, -0.2) is 0 Å². The maximum absolute atomic E-state index is 12.3. The molecule has 126 valence electrons. The van der Waals surface area contributed by atoms with Crippen LogP contribution < -0.4 is 5.32 Å². The van der Waals surface area contributed by atoms with E-state index in [9.17, 15) is 4.79 Å². The molecule has 1 heterocycles. The minimum absolute atomic E-state index is 0.0268. The molecule has 1 aromatic heterocycles. The van der Waals surface area contributed by atoms with Gasteiger partial charge in [0.1, 0.15) is 5.76 Å². The van der Waals surface area contributed by atoms with E-state index in [0.29, 0.717) is 5.69 Å². The Labute approximate surface area is 134 Å². The van der Waals surface area contributed by atoms with Crippen molar-refractivity contribution in [2.45, 2.75) is 60.4 Å². The van der Waals surface area contributed by atoms with Crippen LogP contribution in [0.2, 0.25) is 0 Å². The lowest BCUT2D eigenvalue weighted by atomic mass is 9.79. The summed E-state index contributed by atoms with van der Waals surface area (Å²) in [6, 6.07) is 1.78. The second-order valence-electron chi connectivity index (χ2n) is 6.20. The zero-order chi connectivity index (χ0) is 16.8. The number of hydrogen-bond donors (Lipinski definition) is 1. The predicted molar refractivity (Wildman–Crippen MR) is 89.0 cm³/mol. The topological polar surface area (TPSA) is 58.4 Å². The molecule has 1 aromatic rings. The highest BCUT2D eigenvalue weighted by Crippen LogP contribution is 2.27. The van der Waals surface area contributed by atoms with Crippen LogP contribution in [0.15, 0.2) is 10.6 Å². The molecule has 5 heteroatoms. The molecule has 0 fully saturated rings. The number of aryl methyl sites for hydroxylation is 1. The van der Waals surface area contributed by atoms with Gasteiger partial charge in [0.25, 0.3) is 5.91 Å². The monoisotopic (exact) mass is 309 g/mol. The smallest absolute Gasteiger partial charge is 0.273 e. The summed E-state index contributed by atoms with van der Waals surface area (Å²) in [6.07, 6.45) is 1.74. The first-order chi connectivity index (χ1) is 10.4. The average molecular weight is 309 g/mol. The fourth-order valence-electron chi connectivity index (χ4n) is 2.54. The van der Waals surface area contributed by atoms with E-state index in [4.69, 9.17) is 4.52 Å². The largest absolute Gasteiger partial charge is 0.361 e. The number of nitrogens with one attached hydrogen (secondary N) is 1. The molecule has 0 radical (unpaired) electrons. The summed E-state index contributed by atoms with van der Waals surface area (Å²) in [4.78, 5) is 14.7. The lowest BCUT2D eigenvalue weighted by Crippen LogP contribution is -2.50. The molecule has 0 aliphatic carbocycles. The van der Waals surface area contributed by atoms with Crippen molar-refractivity contribution >= 4 is 5.91 Å². The minimum Gasteiger partial charge on any atom is -0.361 e. The SMILES string of the molecule is CCc1cc(C(=O)NC(C)C(C)(CC)CN(CC)CC)no1. The van der Waals surface area contributed by atoms with Gasteiger partial charge in [-0.2, -0.15) is 0 Å². The molecular formula is C17H31N3O2. The molecule has 1 amide bonds. The number of hydrogen-bond acceptors (Lipinski definition) is 4. The third-order valence-electron chi connectivity index (χ3n) is 4.82. The van der Waals surface area contributed by atoms with E-state index >= 15 is 0 Å². The van der Waals surface area contributed by atoms with Crippen molar-refractivity contribution in [2.24, 2.45) is 5.41 Å². The number of rotatable bonds is 9. The van der Waals surface area contributed by atoms with Crippen LogP contribution in [0.4, 0.5) is 0 Å². The molecule has 5 nitrogen and oxygen atoms in total. The Hall–Kier alpha value is -1.36. The van der Waals surface area contributed by atoms with E-state index in [1.54, 1.807) is 6.07 Å². The Kier molecular flexibility index (Phi) is 7.07. The first kappa shape index (κ1) is 18.7. The summed E-state index contributed by atoms with van der Waals surface area (Å²) in [5.41, 5.74) is 0.393. The van der Waals surface area contributed by atoms with Gasteiger partial charge in [0, 0.05) is 25.1 Å². The third kappa shape index (κ3) is 4.57. The van der Waals surface area contributed by atoms with Gasteiger partial charge in [-0.15, -0.1) is 0 Å². The van der Waals surface area contributed by atoms with Crippen LogP contribution in [0.25, 0.3) is 0 Å². The number of amides is 1. The van der Waals surface area contributed by atoms with Crippen LogP contribution >= 0.6 is 0 Å². The van der Waals surface area contributed by atoms with Crippen LogP contribution in [0.1, 0.15) is 64.2 Å². The summed E-state index contributed by atoms with van der Waals surface area (Å²) in [5, 5.41) is 6.93. The van der Waals surface area contributed by atoms with E-state index in [2.05, 4.69) is 50.0 Å². The van der Waals surface area contributed by atoms with E-state index < -0.39 is 0 Å². The first-order valence-electron chi connectivity index (χ1n) is 8.38. The van der Waals surface area contributed by atoms with Crippen molar-refractivity contribution in [1.29, 1.82) is 0 Å². The van der Waals surface area contributed by atoms with Gasteiger partial charge in [-0.05, 0) is 31.8 Å². The molecule has 1 rings (SSSR count). The van der Waals surface area contributed by atoms with Gasteiger partial charge in [0.15, 0.2) is 5.69 Å². The average Bonchev–Trinajstić information content (AvgIpc) is 3.01. The number of carbonyl (C=O) groups is 1. The summed E-state index contributed by atoms with van der Waals surface area (Å²) >= 11 is 0. The highest BCUT2D eigenvalue weighted by atomic mass is 16.5. The Bertz CT molecular complexity index is 468. The molecule has 0 saturated carbocycles. The van der Waals surface area contributed by atoms with Crippen LogP contribution in [0.5, 0.6) is 0 Å². The third-order valence-corrected chi connectivity index (χ3v) is 4.82. The van der Waals surface area contributed by atoms with E-state index in [-0.39, 0.29) is 17.4 Å². The summed E-state index contributed by atoms with van der Waals surface area (Å²) in [7, 11) is 0.